The quantitative estimate of drug-likeness (QED) is 0.510. The van der Waals surface area contributed by atoms with Crippen molar-refractivity contribution < 1.29 is 9.21 Å². The van der Waals surface area contributed by atoms with Crippen LogP contribution in [0, 0.1) is 0 Å². The molecular weight excluding hydrogens is 368 g/mol. The number of carbonyl (C=O) groups excluding carboxylic acids is 1. The van der Waals surface area contributed by atoms with Crippen LogP contribution in [0.2, 0.25) is 0 Å². The molecule has 4 rings (SSSR count). The number of aryl methyl sites for hydroxylation is 1. The molecule has 4 aromatic rings. The standard InChI is InChI=1S/C22H20N4O3/c27-21(23-13-7-6-10-16-8-2-1-3-9-16)26-15-20(29-22(26)28)19-14-24-17-11-4-5-12-18(17)25-19/h1-5,8-9,11-12,14-15H,6-7,10,13H2,(H,23,27). The molecule has 0 atom stereocenters. The van der Waals surface area contributed by atoms with E-state index in [0.717, 1.165) is 29.3 Å². The van der Waals surface area contributed by atoms with Gasteiger partial charge in [-0.15, -0.1) is 0 Å². The van der Waals surface area contributed by atoms with E-state index in [0.29, 0.717) is 17.8 Å². The number of hydrogen-bond donors (Lipinski definition) is 1. The molecule has 0 aliphatic carbocycles. The van der Waals surface area contributed by atoms with E-state index in [2.05, 4.69) is 27.4 Å². The summed E-state index contributed by atoms with van der Waals surface area (Å²) in [5.41, 5.74) is 3.09. The highest BCUT2D eigenvalue weighted by molar-refractivity contribution is 5.78. The lowest BCUT2D eigenvalue weighted by Gasteiger charge is -2.04. The van der Waals surface area contributed by atoms with Crippen LogP contribution in [0.1, 0.15) is 18.4 Å². The van der Waals surface area contributed by atoms with Gasteiger partial charge in [0, 0.05) is 6.54 Å². The second-order valence-electron chi connectivity index (χ2n) is 6.65. The van der Waals surface area contributed by atoms with Gasteiger partial charge in [0.2, 0.25) is 0 Å². The minimum atomic E-state index is -0.753. The van der Waals surface area contributed by atoms with Gasteiger partial charge in [0.25, 0.3) is 0 Å². The van der Waals surface area contributed by atoms with E-state index in [1.807, 2.05) is 42.5 Å². The highest BCUT2D eigenvalue weighted by atomic mass is 16.4. The molecule has 1 N–H and O–H groups in total. The fourth-order valence-electron chi connectivity index (χ4n) is 3.05. The van der Waals surface area contributed by atoms with Gasteiger partial charge in [-0.3, -0.25) is 4.98 Å². The lowest BCUT2D eigenvalue weighted by atomic mass is 10.1. The topological polar surface area (TPSA) is 90.0 Å². The second kappa shape index (κ2) is 8.52. The second-order valence-corrected chi connectivity index (χ2v) is 6.65. The Morgan fingerprint density at radius 2 is 1.76 bits per heavy atom. The molecule has 0 aliphatic rings. The summed E-state index contributed by atoms with van der Waals surface area (Å²) in [6.45, 7) is 0.481. The normalized spacial score (nSPS) is 10.9. The number of unbranched alkanes of at least 4 members (excludes halogenated alkanes) is 1. The van der Waals surface area contributed by atoms with Gasteiger partial charge in [0.1, 0.15) is 5.69 Å². The molecule has 146 valence electrons. The molecule has 29 heavy (non-hydrogen) atoms. The molecule has 0 saturated carbocycles. The summed E-state index contributed by atoms with van der Waals surface area (Å²) in [6, 6.07) is 17.1. The van der Waals surface area contributed by atoms with E-state index in [4.69, 9.17) is 4.42 Å². The Morgan fingerprint density at radius 1 is 1.00 bits per heavy atom. The van der Waals surface area contributed by atoms with E-state index in [1.54, 1.807) is 0 Å². The summed E-state index contributed by atoms with van der Waals surface area (Å²) in [7, 11) is 0. The maximum Gasteiger partial charge on any atom is 0.427 e. The van der Waals surface area contributed by atoms with Crippen LogP contribution < -0.4 is 11.1 Å². The monoisotopic (exact) mass is 388 g/mol. The Balaban J connectivity index is 1.36. The van der Waals surface area contributed by atoms with Crippen molar-refractivity contribution in [3.63, 3.8) is 0 Å². The Morgan fingerprint density at radius 3 is 2.59 bits per heavy atom. The minimum absolute atomic E-state index is 0.201. The van der Waals surface area contributed by atoms with Gasteiger partial charge < -0.3 is 9.73 Å². The summed E-state index contributed by atoms with van der Waals surface area (Å²) in [6.07, 6.45) is 5.58. The van der Waals surface area contributed by atoms with Crippen LogP contribution >= 0.6 is 0 Å². The molecule has 1 amide bonds. The summed E-state index contributed by atoms with van der Waals surface area (Å²) >= 11 is 0. The van der Waals surface area contributed by atoms with Crippen LogP contribution in [-0.4, -0.2) is 27.1 Å². The number of oxazole rings is 1. The molecule has 2 aromatic heterocycles. The highest BCUT2D eigenvalue weighted by Crippen LogP contribution is 2.17. The maximum absolute atomic E-state index is 12.3. The minimum Gasteiger partial charge on any atom is -0.406 e. The number of benzene rings is 2. The Labute approximate surface area is 167 Å². The van der Waals surface area contributed by atoms with Gasteiger partial charge in [0.05, 0.1) is 23.4 Å². The predicted octanol–water partition coefficient (Wildman–Crippen LogP) is 3.63. The third-order valence-electron chi connectivity index (χ3n) is 4.57. The molecule has 0 fully saturated rings. The summed E-state index contributed by atoms with van der Waals surface area (Å²) in [5, 5.41) is 2.75. The van der Waals surface area contributed by atoms with Crippen molar-refractivity contribution in [1.82, 2.24) is 19.9 Å². The number of nitrogens with one attached hydrogen (secondary N) is 1. The fourth-order valence-corrected chi connectivity index (χ4v) is 3.05. The van der Waals surface area contributed by atoms with Crippen molar-refractivity contribution in [2.24, 2.45) is 0 Å². The van der Waals surface area contributed by atoms with Gasteiger partial charge in [-0.2, -0.15) is 4.57 Å². The molecule has 2 aromatic carbocycles. The third-order valence-corrected chi connectivity index (χ3v) is 4.57. The number of rotatable bonds is 6. The molecule has 0 bridgehead atoms. The average Bonchev–Trinajstić information content (AvgIpc) is 3.15. The first kappa shape index (κ1) is 18.6. The van der Waals surface area contributed by atoms with E-state index >= 15 is 0 Å². The van der Waals surface area contributed by atoms with Crippen molar-refractivity contribution in [2.75, 3.05) is 6.54 Å². The van der Waals surface area contributed by atoms with Crippen LogP contribution in [0.15, 0.2) is 76.2 Å². The van der Waals surface area contributed by atoms with Crippen molar-refractivity contribution in [1.29, 1.82) is 0 Å². The van der Waals surface area contributed by atoms with Gasteiger partial charge >= 0.3 is 11.8 Å². The molecule has 7 heteroatoms. The number of para-hydroxylation sites is 2. The Bertz CT molecular complexity index is 1180. The lowest BCUT2D eigenvalue weighted by Crippen LogP contribution is -2.34. The van der Waals surface area contributed by atoms with Crippen molar-refractivity contribution in [3.8, 4) is 11.5 Å². The lowest BCUT2D eigenvalue weighted by molar-refractivity contribution is 0.240. The van der Waals surface area contributed by atoms with Crippen molar-refractivity contribution >= 4 is 17.1 Å². The zero-order valence-corrected chi connectivity index (χ0v) is 15.7. The number of fused-ring (bicyclic) bond motifs is 1. The summed E-state index contributed by atoms with van der Waals surface area (Å²) in [5.74, 6) is -0.552. The van der Waals surface area contributed by atoms with E-state index in [1.165, 1.54) is 18.0 Å². The first-order valence-corrected chi connectivity index (χ1v) is 9.47. The predicted molar refractivity (Wildman–Crippen MR) is 110 cm³/mol. The van der Waals surface area contributed by atoms with Crippen LogP contribution in [0.25, 0.3) is 22.5 Å². The Kier molecular flexibility index (Phi) is 5.47. The summed E-state index contributed by atoms with van der Waals surface area (Å²) < 4.78 is 6.12. The van der Waals surface area contributed by atoms with Gasteiger partial charge in [0.15, 0.2) is 5.76 Å². The Hall–Kier alpha value is -3.74. The number of nitrogens with zero attached hydrogens (tertiary/aromatic N) is 3. The van der Waals surface area contributed by atoms with Gasteiger partial charge in [-0.05, 0) is 37.0 Å². The number of aromatic nitrogens is 3. The molecule has 0 unspecified atom stereocenters. The SMILES string of the molecule is O=C(NCCCCc1ccccc1)n1cc(-c2cnc3ccccc3n2)oc1=O. The molecule has 0 aliphatic heterocycles. The average molecular weight is 388 g/mol. The fraction of sp³-hybridized carbons (Fsp3) is 0.182. The number of hydrogen-bond acceptors (Lipinski definition) is 5. The zero-order chi connectivity index (χ0) is 20.1. The van der Waals surface area contributed by atoms with E-state index in [9.17, 15) is 9.59 Å². The molecule has 0 spiro atoms. The van der Waals surface area contributed by atoms with E-state index in [-0.39, 0.29) is 5.76 Å². The molecule has 7 nitrogen and oxygen atoms in total. The summed E-state index contributed by atoms with van der Waals surface area (Å²) in [4.78, 5) is 33.1. The van der Waals surface area contributed by atoms with Crippen molar-refractivity contribution in [3.05, 3.63) is 83.1 Å². The van der Waals surface area contributed by atoms with E-state index < -0.39 is 11.8 Å². The maximum atomic E-state index is 12.3. The molecule has 2 heterocycles. The molecular formula is C22H20N4O3. The van der Waals surface area contributed by atoms with Crippen LogP contribution in [0.5, 0.6) is 0 Å². The van der Waals surface area contributed by atoms with Crippen LogP contribution in [-0.2, 0) is 6.42 Å². The number of amides is 1. The van der Waals surface area contributed by atoms with Crippen molar-refractivity contribution in [2.45, 2.75) is 19.3 Å². The largest absolute Gasteiger partial charge is 0.427 e. The zero-order valence-electron chi connectivity index (χ0n) is 15.7. The van der Waals surface area contributed by atoms with Gasteiger partial charge in [-0.25, -0.2) is 14.6 Å². The highest BCUT2D eigenvalue weighted by Gasteiger charge is 2.15. The van der Waals surface area contributed by atoms with Gasteiger partial charge in [-0.1, -0.05) is 42.5 Å². The molecule has 0 saturated heterocycles. The molecule has 0 radical (unpaired) electrons. The van der Waals surface area contributed by atoms with Crippen LogP contribution in [0.4, 0.5) is 4.79 Å². The first-order chi connectivity index (χ1) is 14.2. The number of carbonyl (C=O) groups is 1. The van der Waals surface area contributed by atoms with Crippen LogP contribution in [0.3, 0.4) is 0 Å². The first-order valence-electron chi connectivity index (χ1n) is 9.47. The smallest absolute Gasteiger partial charge is 0.406 e. The third kappa shape index (κ3) is 4.40.